The van der Waals surface area contributed by atoms with Crippen LogP contribution < -0.4 is 5.73 Å². The van der Waals surface area contributed by atoms with Gasteiger partial charge in [0.1, 0.15) is 0 Å². The minimum absolute atomic E-state index is 0.253. The van der Waals surface area contributed by atoms with Gasteiger partial charge in [0.25, 0.3) is 0 Å². The van der Waals surface area contributed by atoms with E-state index in [0.717, 1.165) is 21.4 Å². The van der Waals surface area contributed by atoms with Crippen molar-refractivity contribution in [3.63, 3.8) is 0 Å². The number of benzene rings is 1. The average Bonchev–Trinajstić information content (AvgIpc) is 2.27. The number of sulfone groups is 1. The van der Waals surface area contributed by atoms with Gasteiger partial charge in [-0.15, -0.1) is 11.8 Å². The van der Waals surface area contributed by atoms with Gasteiger partial charge in [-0.3, -0.25) is 0 Å². The first kappa shape index (κ1) is 16.0. The molecule has 0 aliphatic heterocycles. The zero-order valence-corrected chi connectivity index (χ0v) is 14.0. The van der Waals surface area contributed by atoms with E-state index in [1.54, 1.807) is 6.07 Å². The van der Waals surface area contributed by atoms with E-state index in [-0.39, 0.29) is 5.92 Å². The molecule has 6 heteroatoms. The summed E-state index contributed by atoms with van der Waals surface area (Å²) in [5.41, 5.74) is 6.56. The number of thioether (sulfide) groups is 1. The monoisotopic (exact) mass is 351 g/mol. The van der Waals surface area contributed by atoms with E-state index in [0.29, 0.717) is 11.4 Å². The maximum atomic E-state index is 11.8. The Morgan fingerprint density at radius 3 is 2.50 bits per heavy atom. The Morgan fingerprint density at radius 1 is 1.44 bits per heavy atom. The van der Waals surface area contributed by atoms with E-state index in [1.807, 2.05) is 12.3 Å². The smallest absolute Gasteiger partial charge is 0.176 e. The normalized spacial score (nSPS) is 13.6. The molecule has 18 heavy (non-hydrogen) atoms. The quantitative estimate of drug-likeness (QED) is 0.828. The molecule has 0 fully saturated rings. The van der Waals surface area contributed by atoms with Gasteiger partial charge in [0.2, 0.25) is 0 Å². The lowest BCUT2D eigenvalue weighted by Gasteiger charge is -2.15. The molecule has 0 aliphatic carbocycles. The topological polar surface area (TPSA) is 60.2 Å². The fourth-order valence-electron chi connectivity index (χ4n) is 1.76. The summed E-state index contributed by atoms with van der Waals surface area (Å²) in [4.78, 5) is 1.16. The van der Waals surface area contributed by atoms with Crippen LogP contribution >= 0.6 is 27.7 Å². The van der Waals surface area contributed by atoms with Crippen LogP contribution in [0.4, 0.5) is 0 Å². The molecular weight excluding hydrogens is 334 g/mol. The molecule has 0 heterocycles. The third kappa shape index (κ3) is 3.73. The summed E-state index contributed by atoms with van der Waals surface area (Å²) in [7, 11) is -3.22. The molecule has 0 saturated heterocycles. The predicted octanol–water partition coefficient (Wildman–Crippen LogP) is 3.03. The van der Waals surface area contributed by atoms with Gasteiger partial charge in [-0.2, -0.15) is 0 Å². The van der Waals surface area contributed by atoms with Crippen molar-refractivity contribution in [2.45, 2.75) is 29.1 Å². The lowest BCUT2D eigenvalue weighted by molar-refractivity contribution is 0.599. The van der Waals surface area contributed by atoms with E-state index in [4.69, 9.17) is 5.73 Å². The summed E-state index contributed by atoms with van der Waals surface area (Å²) < 4.78 is 24.5. The molecule has 1 aromatic rings. The largest absolute Gasteiger partial charge is 0.330 e. The molecular formula is C12H18BrNO2S2. The molecule has 2 N–H and O–H groups in total. The Bertz CT molecular complexity index is 529. The molecule has 1 rings (SSSR count). The highest BCUT2D eigenvalue weighted by molar-refractivity contribution is 9.10. The third-order valence-corrected chi connectivity index (χ3v) is 5.79. The third-order valence-electron chi connectivity index (χ3n) is 2.80. The summed E-state index contributed by atoms with van der Waals surface area (Å²) in [6, 6.07) is 3.76. The number of rotatable bonds is 5. The van der Waals surface area contributed by atoms with Crippen molar-refractivity contribution in [2.24, 2.45) is 5.73 Å². The van der Waals surface area contributed by atoms with Crippen molar-refractivity contribution in [2.75, 3.05) is 19.1 Å². The minimum atomic E-state index is -3.22. The first-order chi connectivity index (χ1) is 8.31. The molecule has 0 amide bonds. The Kier molecular flexibility index (Phi) is 5.70. The van der Waals surface area contributed by atoms with E-state index < -0.39 is 9.84 Å². The molecule has 0 aromatic heterocycles. The van der Waals surface area contributed by atoms with Crippen molar-refractivity contribution in [3.05, 3.63) is 22.2 Å². The van der Waals surface area contributed by atoms with Crippen LogP contribution in [0.2, 0.25) is 0 Å². The van der Waals surface area contributed by atoms with Crippen molar-refractivity contribution in [3.8, 4) is 0 Å². The number of nitrogens with two attached hydrogens (primary N) is 1. The lowest BCUT2D eigenvalue weighted by Crippen LogP contribution is -2.07. The fourth-order valence-corrected chi connectivity index (χ4v) is 4.87. The minimum Gasteiger partial charge on any atom is -0.330 e. The highest BCUT2D eigenvalue weighted by Crippen LogP contribution is 2.36. The SMILES string of the molecule is CSc1c(Br)cc(C(C)CCN)cc1S(C)(=O)=O. The van der Waals surface area contributed by atoms with Gasteiger partial charge in [-0.05, 0) is 58.8 Å². The second-order valence-electron chi connectivity index (χ2n) is 4.28. The summed E-state index contributed by atoms with van der Waals surface area (Å²) in [6.07, 6.45) is 3.96. The standard InChI is InChI=1S/C12H18BrNO2S2/c1-8(4-5-14)9-6-10(13)12(17-2)11(7-9)18(3,15)16/h6-8H,4-5,14H2,1-3H3. The second-order valence-corrected chi connectivity index (χ2v) is 7.94. The lowest BCUT2D eigenvalue weighted by atomic mass is 9.98. The number of hydrogen-bond donors (Lipinski definition) is 1. The maximum absolute atomic E-state index is 11.8. The average molecular weight is 352 g/mol. The molecule has 0 spiro atoms. The Labute approximate surface area is 122 Å². The zero-order valence-electron chi connectivity index (χ0n) is 10.7. The molecule has 102 valence electrons. The van der Waals surface area contributed by atoms with Crippen LogP contribution in [0.5, 0.6) is 0 Å². The maximum Gasteiger partial charge on any atom is 0.176 e. The molecule has 3 nitrogen and oxygen atoms in total. The first-order valence-corrected chi connectivity index (χ1v) is 9.49. The van der Waals surface area contributed by atoms with E-state index in [2.05, 4.69) is 22.9 Å². The Balaban J connectivity index is 3.40. The highest BCUT2D eigenvalue weighted by Gasteiger charge is 2.18. The van der Waals surface area contributed by atoms with E-state index in [1.165, 1.54) is 18.0 Å². The van der Waals surface area contributed by atoms with Gasteiger partial charge in [-0.1, -0.05) is 6.92 Å². The van der Waals surface area contributed by atoms with Crippen LogP contribution in [-0.2, 0) is 9.84 Å². The van der Waals surface area contributed by atoms with Gasteiger partial charge in [0.05, 0.1) is 4.90 Å². The Morgan fingerprint density at radius 2 is 2.06 bits per heavy atom. The highest BCUT2D eigenvalue weighted by atomic mass is 79.9. The van der Waals surface area contributed by atoms with Crippen molar-refractivity contribution >= 4 is 37.5 Å². The molecule has 0 saturated carbocycles. The van der Waals surface area contributed by atoms with Gasteiger partial charge < -0.3 is 5.73 Å². The van der Waals surface area contributed by atoms with E-state index in [9.17, 15) is 8.42 Å². The fraction of sp³-hybridized carbons (Fsp3) is 0.500. The van der Waals surface area contributed by atoms with Crippen LogP contribution in [0, 0.1) is 0 Å². The van der Waals surface area contributed by atoms with Gasteiger partial charge in [0.15, 0.2) is 9.84 Å². The second kappa shape index (κ2) is 6.41. The molecule has 0 bridgehead atoms. The van der Waals surface area contributed by atoms with E-state index >= 15 is 0 Å². The van der Waals surface area contributed by atoms with Crippen LogP contribution in [0.3, 0.4) is 0 Å². The van der Waals surface area contributed by atoms with Crippen molar-refractivity contribution in [1.82, 2.24) is 0 Å². The number of halogens is 1. The molecule has 1 aromatic carbocycles. The summed E-state index contributed by atoms with van der Waals surface area (Å²) in [5.74, 6) is 0.253. The van der Waals surface area contributed by atoms with Crippen LogP contribution in [0.15, 0.2) is 26.4 Å². The first-order valence-electron chi connectivity index (χ1n) is 5.58. The summed E-state index contributed by atoms with van der Waals surface area (Å²) >= 11 is 4.89. The summed E-state index contributed by atoms with van der Waals surface area (Å²) in [6.45, 7) is 2.65. The molecule has 0 aliphatic rings. The van der Waals surface area contributed by atoms with Crippen molar-refractivity contribution in [1.29, 1.82) is 0 Å². The molecule has 0 radical (unpaired) electrons. The molecule has 1 unspecified atom stereocenters. The van der Waals surface area contributed by atoms with Gasteiger partial charge in [0, 0.05) is 15.6 Å². The Hall–Kier alpha value is -0.0400. The van der Waals surface area contributed by atoms with Crippen LogP contribution in [-0.4, -0.2) is 27.5 Å². The van der Waals surface area contributed by atoms with Gasteiger partial charge in [-0.25, -0.2) is 8.42 Å². The summed E-state index contributed by atoms with van der Waals surface area (Å²) in [5, 5.41) is 0. The zero-order chi connectivity index (χ0) is 13.9. The van der Waals surface area contributed by atoms with Crippen LogP contribution in [0.1, 0.15) is 24.8 Å². The van der Waals surface area contributed by atoms with Crippen LogP contribution in [0.25, 0.3) is 0 Å². The van der Waals surface area contributed by atoms with Crippen molar-refractivity contribution < 1.29 is 8.42 Å². The molecule has 1 atom stereocenters. The predicted molar refractivity (Wildman–Crippen MR) is 81.1 cm³/mol. The number of hydrogen-bond acceptors (Lipinski definition) is 4. The van der Waals surface area contributed by atoms with Gasteiger partial charge >= 0.3 is 0 Å².